The molecule has 0 unspecified atom stereocenters. The molecule has 128 valence electrons. The average molecular weight is 302 g/mol. The van der Waals surface area contributed by atoms with Crippen LogP contribution < -0.4 is 0 Å². The van der Waals surface area contributed by atoms with Crippen molar-refractivity contribution in [3.05, 3.63) is 0 Å². The average Bonchev–Trinajstić information content (AvgIpc) is 2.50. The zero-order valence-corrected chi connectivity index (χ0v) is 14.6. The van der Waals surface area contributed by atoms with Crippen molar-refractivity contribution < 1.29 is 9.94 Å². The third kappa shape index (κ3) is 16.1. The topological polar surface area (TPSA) is 32.7 Å². The van der Waals surface area contributed by atoms with Gasteiger partial charge in [0.2, 0.25) is 0 Å². The Kier molecular flexibility index (Phi) is 17.8. The summed E-state index contributed by atoms with van der Waals surface area (Å²) < 4.78 is 0. The zero-order valence-electron chi connectivity index (χ0n) is 14.6. The van der Waals surface area contributed by atoms with Crippen LogP contribution >= 0.6 is 0 Å². The molecule has 3 nitrogen and oxygen atoms in total. The molecule has 0 spiro atoms. The van der Waals surface area contributed by atoms with Gasteiger partial charge in [0, 0.05) is 19.7 Å². The van der Waals surface area contributed by atoms with Crippen molar-refractivity contribution in [3.8, 4) is 0 Å². The largest absolute Gasteiger partial charge is 0.396 e. The Morgan fingerprint density at radius 1 is 0.667 bits per heavy atom. The van der Waals surface area contributed by atoms with Crippen molar-refractivity contribution >= 4 is 0 Å². The minimum absolute atomic E-state index is 0.252. The molecule has 0 atom stereocenters. The molecule has 0 saturated carbocycles. The Hall–Kier alpha value is -0.120. The molecule has 0 fully saturated rings. The van der Waals surface area contributed by atoms with Crippen molar-refractivity contribution in [1.29, 1.82) is 0 Å². The van der Waals surface area contributed by atoms with E-state index in [9.17, 15) is 0 Å². The first-order valence-corrected chi connectivity index (χ1v) is 9.33. The van der Waals surface area contributed by atoms with Gasteiger partial charge in [-0.3, -0.25) is 4.84 Å². The van der Waals surface area contributed by atoms with Gasteiger partial charge < -0.3 is 5.11 Å². The highest BCUT2D eigenvalue weighted by Crippen LogP contribution is 2.10. The van der Waals surface area contributed by atoms with Crippen LogP contribution in [0.25, 0.3) is 0 Å². The lowest BCUT2D eigenvalue weighted by atomic mass is 10.1. The number of rotatable bonds is 17. The van der Waals surface area contributed by atoms with Crippen molar-refractivity contribution in [2.75, 3.05) is 26.3 Å². The summed E-state index contributed by atoms with van der Waals surface area (Å²) in [7, 11) is 0. The number of aliphatic hydroxyl groups is 1. The van der Waals surface area contributed by atoms with Crippen LogP contribution in [-0.2, 0) is 4.84 Å². The standard InChI is InChI=1S/C18H39NO2/c1-3-5-6-7-8-9-10-11-12-13-18-21-19(15-4-2)16-14-17-20/h20H,3-18H2,1-2H3. The van der Waals surface area contributed by atoms with Crippen molar-refractivity contribution in [2.24, 2.45) is 0 Å². The fraction of sp³-hybridized carbons (Fsp3) is 1.00. The summed E-state index contributed by atoms with van der Waals surface area (Å²) in [5, 5.41) is 10.9. The Morgan fingerprint density at radius 2 is 1.24 bits per heavy atom. The second-order valence-electron chi connectivity index (χ2n) is 6.02. The van der Waals surface area contributed by atoms with Gasteiger partial charge in [0.05, 0.1) is 6.61 Å². The molecule has 0 aliphatic carbocycles. The minimum Gasteiger partial charge on any atom is -0.396 e. The van der Waals surface area contributed by atoms with Crippen molar-refractivity contribution in [1.82, 2.24) is 5.06 Å². The molecule has 1 N–H and O–H groups in total. The monoisotopic (exact) mass is 301 g/mol. The summed E-state index contributed by atoms with van der Waals surface area (Å²) in [5.74, 6) is 0. The van der Waals surface area contributed by atoms with Crippen LogP contribution in [0.3, 0.4) is 0 Å². The normalized spacial score (nSPS) is 11.4. The van der Waals surface area contributed by atoms with Crippen LogP contribution in [-0.4, -0.2) is 36.5 Å². The van der Waals surface area contributed by atoms with Crippen LogP contribution in [0.1, 0.15) is 90.9 Å². The molecule has 21 heavy (non-hydrogen) atoms. The van der Waals surface area contributed by atoms with Crippen LogP contribution in [0.4, 0.5) is 0 Å². The van der Waals surface area contributed by atoms with E-state index in [0.717, 1.165) is 39.0 Å². The van der Waals surface area contributed by atoms with E-state index < -0.39 is 0 Å². The predicted octanol–water partition coefficient (Wildman–Crippen LogP) is 4.93. The van der Waals surface area contributed by atoms with Crippen LogP contribution in [0, 0.1) is 0 Å². The molecule has 0 aromatic heterocycles. The van der Waals surface area contributed by atoms with Gasteiger partial charge in [-0.1, -0.05) is 71.6 Å². The predicted molar refractivity (Wildman–Crippen MR) is 91.4 cm³/mol. The second kappa shape index (κ2) is 17.9. The molecule has 0 saturated heterocycles. The third-order valence-corrected chi connectivity index (χ3v) is 3.81. The lowest BCUT2D eigenvalue weighted by molar-refractivity contribution is -0.161. The van der Waals surface area contributed by atoms with E-state index in [2.05, 4.69) is 13.8 Å². The molecule has 0 aliphatic heterocycles. The van der Waals surface area contributed by atoms with E-state index in [0.29, 0.717) is 0 Å². The smallest absolute Gasteiger partial charge is 0.0685 e. The summed E-state index contributed by atoms with van der Waals surface area (Å²) in [6.07, 6.45) is 15.5. The lowest BCUT2D eigenvalue weighted by Crippen LogP contribution is -2.27. The Morgan fingerprint density at radius 3 is 1.76 bits per heavy atom. The Balaban J connectivity index is 3.25. The number of aliphatic hydroxyl groups excluding tert-OH is 1. The highest BCUT2D eigenvalue weighted by Gasteiger charge is 2.03. The van der Waals surface area contributed by atoms with Crippen molar-refractivity contribution in [2.45, 2.75) is 90.9 Å². The van der Waals surface area contributed by atoms with Crippen LogP contribution in [0.15, 0.2) is 0 Å². The van der Waals surface area contributed by atoms with Gasteiger partial charge in [0.15, 0.2) is 0 Å². The highest BCUT2D eigenvalue weighted by molar-refractivity contribution is 4.48. The first-order valence-electron chi connectivity index (χ1n) is 9.33. The number of hydroxylamine groups is 2. The van der Waals surface area contributed by atoms with Gasteiger partial charge in [0.1, 0.15) is 0 Å². The van der Waals surface area contributed by atoms with Crippen molar-refractivity contribution in [3.63, 3.8) is 0 Å². The summed E-state index contributed by atoms with van der Waals surface area (Å²) >= 11 is 0. The SMILES string of the molecule is CCCCCCCCCCCCON(CCC)CCCO. The van der Waals surface area contributed by atoms with Gasteiger partial charge in [-0.15, -0.1) is 0 Å². The Bertz CT molecular complexity index is 188. The first kappa shape index (κ1) is 20.9. The molecule has 0 amide bonds. The fourth-order valence-electron chi connectivity index (χ4n) is 2.52. The van der Waals surface area contributed by atoms with E-state index in [1.54, 1.807) is 0 Å². The fourth-order valence-corrected chi connectivity index (χ4v) is 2.52. The number of unbranched alkanes of at least 4 members (excludes halogenated alkanes) is 9. The van der Waals surface area contributed by atoms with Gasteiger partial charge in [0.25, 0.3) is 0 Å². The lowest BCUT2D eigenvalue weighted by Gasteiger charge is -2.20. The van der Waals surface area contributed by atoms with E-state index >= 15 is 0 Å². The maximum absolute atomic E-state index is 8.86. The molecule has 0 heterocycles. The molecule has 0 aliphatic rings. The van der Waals surface area contributed by atoms with E-state index in [1.165, 1.54) is 57.8 Å². The number of hydrogen-bond donors (Lipinski definition) is 1. The maximum atomic E-state index is 8.86. The summed E-state index contributed by atoms with van der Waals surface area (Å²) in [5.41, 5.74) is 0. The van der Waals surface area contributed by atoms with Gasteiger partial charge in [-0.25, -0.2) is 0 Å². The number of hydrogen-bond acceptors (Lipinski definition) is 3. The van der Waals surface area contributed by atoms with Crippen LogP contribution in [0.2, 0.25) is 0 Å². The first-order chi connectivity index (χ1) is 10.3. The maximum Gasteiger partial charge on any atom is 0.0685 e. The molecular weight excluding hydrogens is 262 g/mol. The highest BCUT2D eigenvalue weighted by atomic mass is 16.7. The summed E-state index contributed by atoms with van der Waals surface area (Å²) in [6, 6.07) is 0. The van der Waals surface area contributed by atoms with Crippen LogP contribution in [0.5, 0.6) is 0 Å². The molecule has 0 aromatic rings. The molecular formula is C18H39NO2. The van der Waals surface area contributed by atoms with E-state index in [-0.39, 0.29) is 6.61 Å². The molecule has 0 rings (SSSR count). The number of nitrogens with zero attached hydrogens (tertiary/aromatic N) is 1. The second-order valence-corrected chi connectivity index (χ2v) is 6.02. The molecule has 0 radical (unpaired) electrons. The zero-order chi connectivity index (χ0) is 15.6. The minimum atomic E-state index is 0.252. The molecule has 0 aromatic carbocycles. The summed E-state index contributed by atoms with van der Waals surface area (Å²) in [4.78, 5) is 5.78. The van der Waals surface area contributed by atoms with E-state index in [1.807, 2.05) is 5.06 Å². The van der Waals surface area contributed by atoms with Gasteiger partial charge in [-0.2, -0.15) is 5.06 Å². The third-order valence-electron chi connectivity index (χ3n) is 3.81. The van der Waals surface area contributed by atoms with Gasteiger partial charge in [-0.05, 0) is 19.3 Å². The Labute approximate surface area is 133 Å². The van der Waals surface area contributed by atoms with Gasteiger partial charge >= 0.3 is 0 Å². The summed E-state index contributed by atoms with van der Waals surface area (Å²) in [6.45, 7) is 7.34. The quantitative estimate of drug-likeness (QED) is 0.305. The molecule has 3 heteroatoms. The molecule has 0 bridgehead atoms. The van der Waals surface area contributed by atoms with E-state index in [4.69, 9.17) is 9.94 Å².